The topological polar surface area (TPSA) is 46.3 Å². The van der Waals surface area contributed by atoms with Gasteiger partial charge in [0.1, 0.15) is 5.76 Å². The van der Waals surface area contributed by atoms with Crippen LogP contribution in [0.4, 0.5) is 0 Å². The molecule has 1 fully saturated rings. The fourth-order valence-electron chi connectivity index (χ4n) is 3.67. The molecule has 0 radical (unpaired) electrons. The molecule has 2 heterocycles. The first-order valence-corrected chi connectivity index (χ1v) is 8.63. The zero-order valence-corrected chi connectivity index (χ0v) is 14.3. The van der Waals surface area contributed by atoms with E-state index in [4.69, 9.17) is 4.52 Å². The quantitative estimate of drug-likeness (QED) is 0.795. The number of hydrogen-bond acceptors (Lipinski definition) is 3. The van der Waals surface area contributed by atoms with Gasteiger partial charge in [0, 0.05) is 25.1 Å². The summed E-state index contributed by atoms with van der Waals surface area (Å²) in [5.74, 6) is 2.33. The van der Waals surface area contributed by atoms with Crippen LogP contribution in [0.3, 0.4) is 0 Å². The van der Waals surface area contributed by atoms with Gasteiger partial charge in [-0.05, 0) is 42.9 Å². The third-order valence-corrected chi connectivity index (χ3v) is 5.54. The molecule has 0 unspecified atom stereocenters. The summed E-state index contributed by atoms with van der Waals surface area (Å²) < 4.78 is 5.48. The summed E-state index contributed by atoms with van der Waals surface area (Å²) in [6.07, 6.45) is 5.15. The number of hydrogen-bond donors (Lipinski definition) is 0. The average molecular weight is 304 g/mol. The summed E-state index contributed by atoms with van der Waals surface area (Å²) in [5.41, 5.74) is 1.92. The summed E-state index contributed by atoms with van der Waals surface area (Å²) in [4.78, 5) is 14.8. The molecular weight excluding hydrogens is 276 g/mol. The maximum atomic E-state index is 12.8. The lowest BCUT2D eigenvalue weighted by atomic mass is 9.71. The van der Waals surface area contributed by atoms with Crippen molar-refractivity contribution < 1.29 is 9.32 Å². The van der Waals surface area contributed by atoms with Gasteiger partial charge in [0.15, 0.2) is 5.69 Å². The van der Waals surface area contributed by atoms with Gasteiger partial charge in [0.05, 0.1) is 0 Å². The number of fused-ring (bicyclic) bond motifs is 1. The van der Waals surface area contributed by atoms with Gasteiger partial charge >= 0.3 is 0 Å². The van der Waals surface area contributed by atoms with Gasteiger partial charge in [-0.2, -0.15) is 0 Å². The summed E-state index contributed by atoms with van der Waals surface area (Å²) in [6.45, 7) is 10.8. The number of aromatic nitrogens is 1. The molecule has 122 valence electrons. The van der Waals surface area contributed by atoms with Crippen LogP contribution in [-0.2, 0) is 12.8 Å². The van der Waals surface area contributed by atoms with Crippen LogP contribution in [0.15, 0.2) is 4.52 Å². The molecule has 0 saturated carbocycles. The molecule has 1 aromatic rings. The smallest absolute Gasteiger partial charge is 0.276 e. The van der Waals surface area contributed by atoms with E-state index in [1.165, 1.54) is 0 Å². The third kappa shape index (κ3) is 2.92. The molecule has 2 aliphatic rings. The minimum absolute atomic E-state index is 0.0754. The molecule has 0 bridgehead atoms. The van der Waals surface area contributed by atoms with Crippen LogP contribution >= 0.6 is 0 Å². The first-order valence-electron chi connectivity index (χ1n) is 8.63. The third-order valence-electron chi connectivity index (χ3n) is 5.54. The Labute approximate surface area is 133 Å². The molecule has 22 heavy (non-hydrogen) atoms. The summed E-state index contributed by atoms with van der Waals surface area (Å²) in [6, 6.07) is 0. The standard InChI is InChI=1S/C18H28N2O2/c1-12-7-9-20(10-8-12)17(21)16-14-11-13(18(2,3)4)5-6-15(14)22-19-16/h12-13H,5-11H2,1-4H3/t13-/m1/s1. The number of rotatable bonds is 1. The molecule has 1 aliphatic heterocycles. The van der Waals surface area contributed by atoms with Gasteiger partial charge in [-0.1, -0.05) is 32.9 Å². The molecule has 1 aliphatic carbocycles. The van der Waals surface area contributed by atoms with Crippen molar-refractivity contribution in [3.8, 4) is 0 Å². The maximum absolute atomic E-state index is 12.8. The van der Waals surface area contributed by atoms with Crippen LogP contribution < -0.4 is 0 Å². The first-order chi connectivity index (χ1) is 10.4. The van der Waals surface area contributed by atoms with E-state index < -0.39 is 0 Å². The minimum atomic E-state index is 0.0754. The Kier molecular flexibility index (Phi) is 4.04. The maximum Gasteiger partial charge on any atom is 0.276 e. The lowest BCUT2D eigenvalue weighted by molar-refractivity contribution is 0.0685. The Bertz CT molecular complexity index is 548. The molecule has 1 atom stereocenters. The van der Waals surface area contributed by atoms with Crippen molar-refractivity contribution in [3.05, 3.63) is 17.0 Å². The highest BCUT2D eigenvalue weighted by molar-refractivity contribution is 5.94. The number of amides is 1. The lowest BCUT2D eigenvalue weighted by Crippen LogP contribution is -2.38. The van der Waals surface area contributed by atoms with Crippen LogP contribution in [0.2, 0.25) is 0 Å². The van der Waals surface area contributed by atoms with Crippen molar-refractivity contribution in [1.82, 2.24) is 10.1 Å². The normalized spacial score (nSPS) is 23.5. The van der Waals surface area contributed by atoms with Gasteiger partial charge in [-0.15, -0.1) is 0 Å². The second-order valence-electron chi connectivity index (χ2n) is 8.21. The van der Waals surface area contributed by atoms with E-state index in [1.807, 2.05) is 4.90 Å². The highest BCUT2D eigenvalue weighted by Gasteiger charge is 2.35. The van der Waals surface area contributed by atoms with E-state index in [2.05, 4.69) is 32.9 Å². The van der Waals surface area contributed by atoms with Crippen molar-refractivity contribution in [2.24, 2.45) is 17.3 Å². The van der Waals surface area contributed by atoms with Crippen molar-refractivity contribution in [2.75, 3.05) is 13.1 Å². The van der Waals surface area contributed by atoms with E-state index >= 15 is 0 Å². The second kappa shape index (κ2) is 5.71. The first kappa shape index (κ1) is 15.6. The predicted molar refractivity (Wildman–Crippen MR) is 85.8 cm³/mol. The second-order valence-corrected chi connectivity index (χ2v) is 8.21. The zero-order valence-electron chi connectivity index (χ0n) is 14.3. The van der Waals surface area contributed by atoms with E-state index in [-0.39, 0.29) is 11.3 Å². The summed E-state index contributed by atoms with van der Waals surface area (Å²) >= 11 is 0. The molecular formula is C18H28N2O2. The largest absolute Gasteiger partial charge is 0.360 e. The van der Waals surface area contributed by atoms with Crippen molar-refractivity contribution in [2.45, 2.75) is 59.8 Å². The molecule has 1 aromatic heterocycles. The number of nitrogens with zero attached hydrogens (tertiary/aromatic N) is 2. The predicted octanol–water partition coefficient (Wildman–Crippen LogP) is 3.70. The molecule has 4 heteroatoms. The minimum Gasteiger partial charge on any atom is -0.360 e. The fraction of sp³-hybridized carbons (Fsp3) is 0.778. The Hall–Kier alpha value is -1.32. The Morgan fingerprint density at radius 2 is 1.91 bits per heavy atom. The number of piperidine rings is 1. The number of aryl methyl sites for hydroxylation is 1. The van der Waals surface area contributed by atoms with Gasteiger partial charge in [-0.3, -0.25) is 4.79 Å². The molecule has 0 aromatic carbocycles. The molecule has 3 rings (SSSR count). The highest BCUT2D eigenvalue weighted by Crippen LogP contribution is 2.38. The van der Waals surface area contributed by atoms with Crippen molar-refractivity contribution in [3.63, 3.8) is 0 Å². The summed E-state index contributed by atoms with van der Waals surface area (Å²) in [7, 11) is 0. The zero-order chi connectivity index (χ0) is 15.9. The van der Waals surface area contributed by atoms with E-state index in [0.29, 0.717) is 11.6 Å². The Morgan fingerprint density at radius 1 is 1.23 bits per heavy atom. The molecule has 1 saturated heterocycles. The highest BCUT2D eigenvalue weighted by atomic mass is 16.5. The van der Waals surface area contributed by atoms with Crippen LogP contribution in [0.25, 0.3) is 0 Å². The van der Waals surface area contributed by atoms with Crippen LogP contribution in [0, 0.1) is 17.3 Å². The van der Waals surface area contributed by atoms with Gasteiger partial charge in [-0.25, -0.2) is 0 Å². The van der Waals surface area contributed by atoms with Crippen molar-refractivity contribution >= 4 is 5.91 Å². The van der Waals surface area contributed by atoms with Gasteiger partial charge in [0.2, 0.25) is 0 Å². The van der Waals surface area contributed by atoms with Crippen LogP contribution in [-0.4, -0.2) is 29.1 Å². The van der Waals surface area contributed by atoms with E-state index in [9.17, 15) is 4.79 Å². The van der Waals surface area contributed by atoms with Crippen LogP contribution in [0.5, 0.6) is 0 Å². The number of carbonyl (C=O) groups excluding carboxylic acids is 1. The summed E-state index contributed by atoms with van der Waals surface area (Å²) in [5, 5.41) is 4.14. The molecule has 4 nitrogen and oxygen atoms in total. The van der Waals surface area contributed by atoms with E-state index in [1.54, 1.807) is 0 Å². The Morgan fingerprint density at radius 3 is 2.55 bits per heavy atom. The van der Waals surface area contributed by atoms with E-state index in [0.717, 1.165) is 62.4 Å². The van der Waals surface area contributed by atoms with Gasteiger partial charge in [0.25, 0.3) is 5.91 Å². The molecule has 0 spiro atoms. The number of carbonyl (C=O) groups is 1. The lowest BCUT2D eigenvalue weighted by Gasteiger charge is -2.34. The van der Waals surface area contributed by atoms with Gasteiger partial charge < -0.3 is 9.42 Å². The SMILES string of the molecule is CC1CCN(C(=O)c2noc3c2C[C@H](C(C)(C)C)CC3)CC1. The number of likely N-dealkylation sites (tertiary alicyclic amines) is 1. The average Bonchev–Trinajstić information content (AvgIpc) is 2.89. The van der Waals surface area contributed by atoms with Crippen molar-refractivity contribution in [1.29, 1.82) is 0 Å². The van der Waals surface area contributed by atoms with Crippen LogP contribution in [0.1, 0.15) is 68.8 Å². The Balaban J connectivity index is 1.79. The monoisotopic (exact) mass is 304 g/mol. The fourth-order valence-corrected chi connectivity index (χ4v) is 3.67. The molecule has 0 N–H and O–H groups in total. The molecule has 1 amide bonds.